The van der Waals surface area contributed by atoms with Crippen LogP contribution < -0.4 is 0 Å². The largest absolute Gasteiger partial charge is 0.469 e. The van der Waals surface area contributed by atoms with Gasteiger partial charge in [0.2, 0.25) is 0 Å². The minimum Gasteiger partial charge on any atom is -0.469 e. The van der Waals surface area contributed by atoms with Crippen LogP contribution in [0.15, 0.2) is 0 Å². The molecule has 0 aliphatic heterocycles. The molecule has 20 heavy (non-hydrogen) atoms. The number of hydrogen-bond acceptors (Lipinski definition) is 4. The molecule has 0 aliphatic rings. The second-order valence-corrected chi connectivity index (χ2v) is 5.45. The predicted octanol–water partition coefficient (Wildman–Crippen LogP) is 3.24. The van der Waals surface area contributed by atoms with Crippen molar-refractivity contribution in [1.29, 1.82) is 0 Å². The number of unbranched alkanes of at least 4 members (excludes halogenated alkanes) is 1. The van der Waals surface area contributed by atoms with Crippen molar-refractivity contribution in [3.8, 4) is 0 Å². The zero-order valence-corrected chi connectivity index (χ0v) is 12.2. The quantitative estimate of drug-likeness (QED) is 0.558. The van der Waals surface area contributed by atoms with E-state index < -0.39 is 29.6 Å². The molecule has 0 N–H and O–H groups in total. The zero-order chi connectivity index (χ0) is 16.0. The van der Waals surface area contributed by atoms with Gasteiger partial charge in [0.1, 0.15) is 5.60 Å². The molecule has 0 saturated heterocycles. The predicted molar refractivity (Wildman–Crippen MR) is 65.9 cm³/mol. The van der Waals surface area contributed by atoms with Crippen molar-refractivity contribution in [3.05, 3.63) is 0 Å². The Kier molecular flexibility index (Phi) is 7.02. The number of esters is 2. The summed E-state index contributed by atoms with van der Waals surface area (Å²) in [7, 11) is 0.918. The third-order valence-corrected chi connectivity index (χ3v) is 2.42. The lowest BCUT2D eigenvalue weighted by molar-refractivity contribution is -0.197. The van der Waals surface area contributed by atoms with Gasteiger partial charge >= 0.3 is 18.1 Å². The summed E-state index contributed by atoms with van der Waals surface area (Å²) < 4.78 is 46.9. The van der Waals surface area contributed by atoms with Gasteiger partial charge in [-0.25, -0.2) is 0 Å². The van der Waals surface area contributed by atoms with E-state index in [1.807, 2.05) is 0 Å². The van der Waals surface area contributed by atoms with E-state index in [-0.39, 0.29) is 25.7 Å². The molecular weight excluding hydrogens is 277 g/mol. The van der Waals surface area contributed by atoms with Gasteiger partial charge in [-0.3, -0.25) is 9.59 Å². The summed E-state index contributed by atoms with van der Waals surface area (Å²) >= 11 is 0. The lowest BCUT2D eigenvalue weighted by Gasteiger charge is -2.20. The number of halogens is 3. The number of alkyl halides is 3. The fraction of sp³-hybridized carbons (Fsp3) is 0.846. The van der Waals surface area contributed by atoms with E-state index >= 15 is 0 Å². The van der Waals surface area contributed by atoms with Crippen LogP contribution in [0.1, 0.15) is 46.5 Å². The van der Waals surface area contributed by atoms with Gasteiger partial charge in [-0.05, 0) is 33.6 Å². The molecule has 0 bridgehead atoms. The molecule has 0 aliphatic carbocycles. The van der Waals surface area contributed by atoms with Crippen LogP contribution in [0.4, 0.5) is 13.2 Å². The van der Waals surface area contributed by atoms with Crippen molar-refractivity contribution < 1.29 is 32.2 Å². The maximum Gasteiger partial charge on any atom is 0.402 e. The Morgan fingerprint density at radius 3 is 2.05 bits per heavy atom. The second-order valence-electron chi connectivity index (χ2n) is 5.45. The molecule has 0 amide bonds. The van der Waals surface area contributed by atoms with E-state index in [9.17, 15) is 22.8 Å². The molecule has 1 atom stereocenters. The highest BCUT2D eigenvalue weighted by Gasteiger charge is 2.45. The van der Waals surface area contributed by atoms with E-state index in [0.717, 1.165) is 7.11 Å². The molecule has 4 nitrogen and oxygen atoms in total. The van der Waals surface area contributed by atoms with Crippen molar-refractivity contribution in [2.75, 3.05) is 7.11 Å². The van der Waals surface area contributed by atoms with Gasteiger partial charge in [0.05, 0.1) is 7.11 Å². The van der Waals surface area contributed by atoms with Gasteiger partial charge in [-0.2, -0.15) is 13.2 Å². The summed E-state index contributed by atoms with van der Waals surface area (Å²) in [6.45, 7) is 5.13. The molecule has 0 fully saturated rings. The Bertz CT molecular complexity index is 331. The molecule has 1 unspecified atom stereocenters. The van der Waals surface area contributed by atoms with E-state index in [1.165, 1.54) is 0 Å². The third kappa shape index (κ3) is 8.01. The van der Waals surface area contributed by atoms with Crippen LogP contribution in [0, 0.1) is 5.92 Å². The number of methoxy groups -OCH3 is 1. The average molecular weight is 298 g/mol. The van der Waals surface area contributed by atoms with E-state index in [4.69, 9.17) is 4.74 Å². The molecule has 7 heteroatoms. The fourth-order valence-corrected chi connectivity index (χ4v) is 1.57. The van der Waals surface area contributed by atoms with Crippen molar-refractivity contribution in [3.63, 3.8) is 0 Å². The van der Waals surface area contributed by atoms with Gasteiger partial charge in [-0.1, -0.05) is 6.42 Å². The normalized spacial score (nSPS) is 13.8. The van der Waals surface area contributed by atoms with Crippen LogP contribution in [-0.2, 0) is 19.1 Å². The summed E-state index contributed by atoms with van der Waals surface area (Å²) in [5.74, 6) is -3.89. The first-order valence-corrected chi connectivity index (χ1v) is 6.33. The van der Waals surface area contributed by atoms with Crippen LogP contribution in [0.25, 0.3) is 0 Å². The van der Waals surface area contributed by atoms with Crippen LogP contribution in [0.2, 0.25) is 0 Å². The summed E-state index contributed by atoms with van der Waals surface area (Å²) in [5, 5.41) is 0. The number of hydrogen-bond donors (Lipinski definition) is 0. The molecule has 118 valence electrons. The third-order valence-electron chi connectivity index (χ3n) is 2.42. The van der Waals surface area contributed by atoms with Gasteiger partial charge in [0.25, 0.3) is 0 Å². The van der Waals surface area contributed by atoms with Crippen molar-refractivity contribution in [2.45, 2.75) is 58.2 Å². The SMILES string of the molecule is COC(=O)C(CCCCC(=O)OC(C)(C)C)C(F)(F)F. The molecule has 0 aromatic rings. The standard InChI is InChI=1S/C13H21F3O4/c1-12(2,3)20-10(17)8-6-5-7-9(11(18)19-4)13(14,15)16/h9H,5-8H2,1-4H3. The molecular formula is C13H21F3O4. The molecule has 0 aromatic carbocycles. The minimum absolute atomic E-state index is 0.0308. The van der Waals surface area contributed by atoms with Crippen LogP contribution in [-0.4, -0.2) is 30.8 Å². The second kappa shape index (κ2) is 7.50. The van der Waals surface area contributed by atoms with E-state index in [1.54, 1.807) is 20.8 Å². The Balaban J connectivity index is 4.14. The minimum atomic E-state index is -4.63. The maximum absolute atomic E-state index is 12.6. The van der Waals surface area contributed by atoms with E-state index in [2.05, 4.69) is 4.74 Å². The average Bonchev–Trinajstić information content (AvgIpc) is 2.23. The fourth-order valence-electron chi connectivity index (χ4n) is 1.57. The first-order valence-electron chi connectivity index (χ1n) is 6.33. The molecule has 0 heterocycles. The van der Waals surface area contributed by atoms with Crippen LogP contribution in [0.3, 0.4) is 0 Å². The number of ether oxygens (including phenoxy) is 2. The maximum atomic E-state index is 12.6. The van der Waals surface area contributed by atoms with Crippen molar-refractivity contribution in [2.24, 2.45) is 5.92 Å². The number of carbonyl (C=O) groups excluding carboxylic acids is 2. The number of carbonyl (C=O) groups is 2. The van der Waals surface area contributed by atoms with Gasteiger partial charge in [0, 0.05) is 6.42 Å². The summed E-state index contributed by atoms with van der Waals surface area (Å²) in [6.07, 6.45) is -4.65. The Labute approximate surface area is 116 Å². The first-order chi connectivity index (χ1) is 8.97. The van der Waals surface area contributed by atoms with Gasteiger partial charge < -0.3 is 9.47 Å². The van der Waals surface area contributed by atoms with Crippen LogP contribution in [0.5, 0.6) is 0 Å². The number of rotatable bonds is 6. The summed E-state index contributed by atoms with van der Waals surface area (Å²) in [5.41, 5.74) is -0.613. The molecule has 0 spiro atoms. The Hall–Kier alpha value is -1.27. The molecule has 0 rings (SSSR count). The molecule has 0 radical (unpaired) electrons. The monoisotopic (exact) mass is 298 g/mol. The van der Waals surface area contributed by atoms with Gasteiger partial charge in [-0.15, -0.1) is 0 Å². The highest BCUT2D eigenvalue weighted by molar-refractivity contribution is 5.73. The smallest absolute Gasteiger partial charge is 0.402 e. The topological polar surface area (TPSA) is 52.6 Å². The van der Waals surface area contributed by atoms with E-state index in [0.29, 0.717) is 0 Å². The lowest BCUT2D eigenvalue weighted by Crippen LogP contribution is -2.31. The molecule has 0 aromatic heterocycles. The van der Waals surface area contributed by atoms with Crippen molar-refractivity contribution >= 4 is 11.9 Å². The highest BCUT2D eigenvalue weighted by atomic mass is 19.4. The van der Waals surface area contributed by atoms with Crippen molar-refractivity contribution in [1.82, 2.24) is 0 Å². The summed E-state index contributed by atoms with van der Waals surface area (Å²) in [4.78, 5) is 22.4. The van der Waals surface area contributed by atoms with Gasteiger partial charge in [0.15, 0.2) is 5.92 Å². The lowest BCUT2D eigenvalue weighted by atomic mass is 10.0. The Morgan fingerprint density at radius 1 is 1.10 bits per heavy atom. The highest BCUT2D eigenvalue weighted by Crippen LogP contribution is 2.31. The first kappa shape index (κ1) is 18.7. The zero-order valence-electron chi connectivity index (χ0n) is 12.2. The summed E-state index contributed by atoms with van der Waals surface area (Å²) in [6, 6.07) is 0. The molecule has 0 saturated carbocycles. The van der Waals surface area contributed by atoms with Crippen LogP contribution >= 0.6 is 0 Å². The Morgan fingerprint density at radius 2 is 1.65 bits per heavy atom.